The third kappa shape index (κ3) is 3.66. The lowest BCUT2D eigenvalue weighted by Crippen LogP contribution is -2.31. The number of ether oxygens (including phenoxy) is 1. The van der Waals surface area contributed by atoms with Crippen molar-refractivity contribution in [2.75, 3.05) is 13.7 Å². The zero-order chi connectivity index (χ0) is 22.1. The number of benzene rings is 2. The summed E-state index contributed by atoms with van der Waals surface area (Å²) < 4.78 is 7.14. The molecule has 5 rings (SSSR count). The Morgan fingerprint density at radius 2 is 1.97 bits per heavy atom. The van der Waals surface area contributed by atoms with Crippen LogP contribution in [0.3, 0.4) is 0 Å². The fourth-order valence-corrected chi connectivity index (χ4v) is 4.29. The number of aromatic nitrogens is 4. The molecule has 1 aliphatic rings. The molecule has 7 heteroatoms. The maximum absolute atomic E-state index is 13.4. The van der Waals surface area contributed by atoms with Gasteiger partial charge in [-0.15, -0.1) is 0 Å². The van der Waals surface area contributed by atoms with Crippen LogP contribution in [0.25, 0.3) is 16.9 Å². The van der Waals surface area contributed by atoms with E-state index in [0.29, 0.717) is 12.2 Å². The average Bonchev–Trinajstić information content (AvgIpc) is 3.58. The molecule has 0 spiro atoms. The number of carbonyl (C=O) groups excluding carboxylic acids is 1. The second-order valence-corrected chi connectivity index (χ2v) is 7.99. The lowest BCUT2D eigenvalue weighted by Gasteiger charge is -2.22. The number of nitrogens with one attached hydrogen (secondary N) is 1. The highest BCUT2D eigenvalue weighted by Crippen LogP contribution is 2.33. The van der Waals surface area contributed by atoms with E-state index in [2.05, 4.69) is 15.1 Å². The third-order valence-electron chi connectivity index (χ3n) is 5.91. The number of hydrogen-bond donors (Lipinski definition) is 1. The topological polar surface area (TPSA) is 76.0 Å². The number of aryl methyl sites for hydroxylation is 1. The standard InChI is InChI=1S/C25H25N5O2/c1-17-14-21(28-30(17)19-9-4-3-5-10-19)25(31)29-13-7-12-23(29)24-26-16-22(27-24)18-8-6-11-20(15-18)32-2/h3-6,8-11,14-16,23H,7,12-13H2,1-2H3,(H,26,27)/t23-/m0/s1. The molecule has 1 amide bonds. The van der Waals surface area contributed by atoms with Crippen LogP contribution in [0.2, 0.25) is 0 Å². The van der Waals surface area contributed by atoms with Crippen LogP contribution in [0.4, 0.5) is 0 Å². The normalized spacial score (nSPS) is 15.8. The largest absolute Gasteiger partial charge is 0.497 e. The van der Waals surface area contributed by atoms with E-state index in [9.17, 15) is 4.79 Å². The quantitative estimate of drug-likeness (QED) is 0.507. The lowest BCUT2D eigenvalue weighted by atomic mass is 10.1. The monoisotopic (exact) mass is 427 g/mol. The fourth-order valence-electron chi connectivity index (χ4n) is 4.29. The number of methoxy groups -OCH3 is 1. The van der Waals surface area contributed by atoms with Crippen LogP contribution in [-0.4, -0.2) is 44.2 Å². The van der Waals surface area contributed by atoms with Crippen molar-refractivity contribution in [3.8, 4) is 22.7 Å². The van der Waals surface area contributed by atoms with E-state index in [1.165, 1.54) is 0 Å². The highest BCUT2D eigenvalue weighted by molar-refractivity contribution is 5.93. The van der Waals surface area contributed by atoms with Crippen molar-refractivity contribution in [1.82, 2.24) is 24.6 Å². The van der Waals surface area contributed by atoms with E-state index < -0.39 is 0 Å². The van der Waals surface area contributed by atoms with Gasteiger partial charge in [0, 0.05) is 17.8 Å². The minimum atomic E-state index is -0.0935. The van der Waals surface area contributed by atoms with Crippen LogP contribution >= 0.6 is 0 Å². The Morgan fingerprint density at radius 1 is 1.12 bits per heavy atom. The zero-order valence-corrected chi connectivity index (χ0v) is 18.2. The van der Waals surface area contributed by atoms with Crippen molar-refractivity contribution in [2.24, 2.45) is 0 Å². The first kappa shape index (κ1) is 20.1. The third-order valence-corrected chi connectivity index (χ3v) is 5.91. The number of nitrogens with zero attached hydrogens (tertiary/aromatic N) is 4. The molecule has 3 heterocycles. The summed E-state index contributed by atoms with van der Waals surface area (Å²) in [6.07, 6.45) is 3.62. The SMILES string of the molecule is COc1cccc(-c2cnc([C@@H]3CCCN3C(=O)c3cc(C)n(-c4ccccc4)n3)[nH]2)c1. The number of carbonyl (C=O) groups is 1. The molecular weight excluding hydrogens is 402 g/mol. The van der Waals surface area contributed by atoms with Gasteiger partial charge in [-0.05, 0) is 50.1 Å². The number of hydrogen-bond acceptors (Lipinski definition) is 4. The van der Waals surface area contributed by atoms with Gasteiger partial charge in [0.1, 0.15) is 11.6 Å². The molecular formula is C25H25N5O2. The summed E-state index contributed by atoms with van der Waals surface area (Å²) in [5, 5.41) is 4.61. The molecule has 0 bridgehead atoms. The van der Waals surface area contributed by atoms with E-state index in [0.717, 1.165) is 47.1 Å². The van der Waals surface area contributed by atoms with Gasteiger partial charge in [-0.2, -0.15) is 5.10 Å². The molecule has 1 aliphatic heterocycles. The van der Waals surface area contributed by atoms with E-state index in [-0.39, 0.29) is 11.9 Å². The molecule has 32 heavy (non-hydrogen) atoms. The van der Waals surface area contributed by atoms with Gasteiger partial charge in [0.15, 0.2) is 5.69 Å². The Bertz CT molecular complexity index is 1240. The summed E-state index contributed by atoms with van der Waals surface area (Å²) in [6.45, 7) is 2.65. The van der Waals surface area contributed by atoms with E-state index in [1.54, 1.807) is 7.11 Å². The van der Waals surface area contributed by atoms with Crippen LogP contribution in [0.15, 0.2) is 66.9 Å². The number of rotatable bonds is 5. The molecule has 162 valence electrons. The molecule has 2 aromatic carbocycles. The van der Waals surface area contributed by atoms with Crippen molar-refractivity contribution >= 4 is 5.91 Å². The van der Waals surface area contributed by atoms with Crippen LogP contribution < -0.4 is 4.74 Å². The minimum absolute atomic E-state index is 0.0652. The van der Waals surface area contributed by atoms with Gasteiger partial charge in [0.25, 0.3) is 5.91 Å². The van der Waals surface area contributed by atoms with Gasteiger partial charge >= 0.3 is 0 Å². The van der Waals surface area contributed by atoms with E-state index >= 15 is 0 Å². The Balaban J connectivity index is 1.40. The molecule has 0 saturated carbocycles. The molecule has 0 radical (unpaired) electrons. The number of amides is 1. The molecule has 4 aromatic rings. The second kappa shape index (κ2) is 8.34. The summed E-state index contributed by atoms with van der Waals surface area (Å²) >= 11 is 0. The Morgan fingerprint density at radius 3 is 2.78 bits per heavy atom. The molecule has 1 fully saturated rings. The molecule has 0 unspecified atom stereocenters. The van der Waals surface area contributed by atoms with Crippen molar-refractivity contribution in [3.63, 3.8) is 0 Å². The molecule has 0 aliphatic carbocycles. The van der Waals surface area contributed by atoms with Gasteiger partial charge in [0.2, 0.25) is 0 Å². The Hall–Kier alpha value is -3.87. The fraction of sp³-hybridized carbons (Fsp3) is 0.240. The summed E-state index contributed by atoms with van der Waals surface area (Å²) in [4.78, 5) is 23.3. The first-order valence-corrected chi connectivity index (χ1v) is 10.8. The van der Waals surface area contributed by atoms with Crippen LogP contribution in [-0.2, 0) is 0 Å². The van der Waals surface area contributed by atoms with Crippen molar-refractivity contribution < 1.29 is 9.53 Å². The van der Waals surface area contributed by atoms with Crippen molar-refractivity contribution in [2.45, 2.75) is 25.8 Å². The van der Waals surface area contributed by atoms with Crippen LogP contribution in [0, 0.1) is 6.92 Å². The lowest BCUT2D eigenvalue weighted by molar-refractivity contribution is 0.0724. The maximum Gasteiger partial charge on any atom is 0.274 e. The molecule has 7 nitrogen and oxygen atoms in total. The first-order chi connectivity index (χ1) is 15.6. The number of para-hydroxylation sites is 1. The number of aromatic amines is 1. The molecule has 1 N–H and O–H groups in total. The van der Waals surface area contributed by atoms with Crippen molar-refractivity contribution in [3.05, 3.63) is 84.1 Å². The van der Waals surface area contributed by atoms with Gasteiger partial charge in [0.05, 0.1) is 30.7 Å². The summed E-state index contributed by atoms with van der Waals surface area (Å²) in [5.74, 6) is 1.53. The van der Waals surface area contributed by atoms with Gasteiger partial charge < -0.3 is 14.6 Å². The number of likely N-dealkylation sites (tertiary alicyclic amines) is 1. The predicted molar refractivity (Wildman–Crippen MR) is 122 cm³/mol. The number of imidazole rings is 1. The smallest absolute Gasteiger partial charge is 0.274 e. The second-order valence-electron chi connectivity index (χ2n) is 7.99. The Kier molecular flexibility index (Phi) is 5.23. The predicted octanol–water partition coefficient (Wildman–Crippen LogP) is 4.56. The van der Waals surface area contributed by atoms with Crippen LogP contribution in [0.1, 0.15) is 40.9 Å². The summed E-state index contributed by atoms with van der Waals surface area (Å²) in [7, 11) is 1.65. The highest BCUT2D eigenvalue weighted by Gasteiger charge is 2.34. The van der Waals surface area contributed by atoms with Gasteiger partial charge in [-0.1, -0.05) is 30.3 Å². The van der Waals surface area contributed by atoms with E-state index in [4.69, 9.17) is 4.74 Å². The maximum atomic E-state index is 13.4. The van der Waals surface area contributed by atoms with E-state index in [1.807, 2.05) is 83.4 Å². The summed E-state index contributed by atoms with van der Waals surface area (Å²) in [6, 6.07) is 19.5. The van der Waals surface area contributed by atoms with Crippen molar-refractivity contribution in [1.29, 1.82) is 0 Å². The molecule has 1 atom stereocenters. The summed E-state index contributed by atoms with van der Waals surface area (Å²) in [5.41, 5.74) is 4.22. The average molecular weight is 428 g/mol. The van der Waals surface area contributed by atoms with Crippen LogP contribution in [0.5, 0.6) is 5.75 Å². The van der Waals surface area contributed by atoms with Gasteiger partial charge in [-0.25, -0.2) is 9.67 Å². The van der Waals surface area contributed by atoms with Gasteiger partial charge in [-0.3, -0.25) is 4.79 Å². The Labute approximate surface area is 186 Å². The minimum Gasteiger partial charge on any atom is -0.497 e. The number of H-pyrrole nitrogens is 1. The molecule has 1 saturated heterocycles. The zero-order valence-electron chi connectivity index (χ0n) is 18.2. The molecule has 2 aromatic heterocycles. The first-order valence-electron chi connectivity index (χ1n) is 10.8. The highest BCUT2D eigenvalue weighted by atomic mass is 16.5.